The average Bonchev–Trinajstić information content (AvgIpc) is 3.60. The minimum Gasteiger partial charge on any atom is -0.507 e. The minimum atomic E-state index is -3.06. The van der Waals surface area contributed by atoms with Crippen LogP contribution in [0, 0.1) is 37.5 Å². The van der Waals surface area contributed by atoms with Crippen LogP contribution >= 0.6 is 0 Å². The molecule has 0 radical (unpaired) electrons. The Balaban J connectivity index is 1.32. The lowest BCUT2D eigenvalue weighted by Gasteiger charge is -2.48. The number of aromatic hydroxyl groups is 1. The first-order valence-corrected chi connectivity index (χ1v) is 19.9. The lowest BCUT2D eigenvalue weighted by atomic mass is 9.64. The maximum Gasteiger partial charge on any atom is 0.488 e. The summed E-state index contributed by atoms with van der Waals surface area (Å²) in [5.74, 6) is -5.50. The topological polar surface area (TPSA) is 137 Å². The van der Waals surface area contributed by atoms with Gasteiger partial charge in [-0.05, 0) is 88.5 Å². The van der Waals surface area contributed by atoms with Crippen molar-refractivity contribution in [2.45, 2.75) is 64.4 Å². The summed E-state index contributed by atoms with van der Waals surface area (Å²) in [7, 11) is -4.84. The van der Waals surface area contributed by atoms with Crippen LogP contribution in [-0.4, -0.2) is 59.9 Å². The molecule has 0 aromatic heterocycles. The van der Waals surface area contributed by atoms with E-state index in [9.17, 15) is 29.9 Å². The summed E-state index contributed by atoms with van der Waals surface area (Å²) < 4.78 is 14.0. The van der Waals surface area contributed by atoms with Gasteiger partial charge in [0, 0.05) is 18.4 Å². The van der Waals surface area contributed by atoms with Gasteiger partial charge in [0.2, 0.25) is 11.8 Å². The van der Waals surface area contributed by atoms with Crippen molar-refractivity contribution in [3.05, 3.63) is 114 Å². The molecule has 2 heterocycles. The smallest absolute Gasteiger partial charge is 0.488 e. The quantitative estimate of drug-likeness (QED) is 0.159. The van der Waals surface area contributed by atoms with E-state index in [0.29, 0.717) is 11.1 Å². The van der Waals surface area contributed by atoms with E-state index >= 15 is 0 Å². The zero-order valence-corrected chi connectivity index (χ0v) is 31.2. The number of phenolic OH excluding ortho intramolecular Hbond substituents is 1. The Kier molecular flexibility index (Phi) is 9.34. The molecule has 270 valence electrons. The lowest BCUT2D eigenvalue weighted by Crippen LogP contribution is -2.67. The molecular formula is C41H46BNO8Si. The van der Waals surface area contributed by atoms with Crippen LogP contribution in [0.4, 0.5) is 5.69 Å². The van der Waals surface area contributed by atoms with Gasteiger partial charge in [-0.2, -0.15) is 0 Å². The molecule has 11 heteroatoms. The molecule has 1 saturated carbocycles. The van der Waals surface area contributed by atoms with E-state index in [2.05, 4.69) is 45.0 Å². The number of imide groups is 1. The van der Waals surface area contributed by atoms with Crippen LogP contribution < -0.4 is 20.7 Å². The van der Waals surface area contributed by atoms with Gasteiger partial charge in [-0.1, -0.05) is 93.6 Å². The minimum absolute atomic E-state index is 0.0809. The monoisotopic (exact) mass is 719 g/mol. The van der Waals surface area contributed by atoms with Crippen molar-refractivity contribution in [3.8, 4) is 5.75 Å². The molecule has 2 saturated heterocycles. The van der Waals surface area contributed by atoms with Gasteiger partial charge in [-0.15, -0.1) is 0 Å². The fourth-order valence-electron chi connectivity index (χ4n) is 9.12. The number of benzene rings is 4. The molecule has 0 spiro atoms. The summed E-state index contributed by atoms with van der Waals surface area (Å²) in [6.45, 7) is 10.2. The molecule has 52 heavy (non-hydrogen) atoms. The number of carbonyl (C=O) groups excluding carboxylic acids is 2. The van der Waals surface area contributed by atoms with Crippen LogP contribution in [-0.2, 0) is 18.8 Å². The van der Waals surface area contributed by atoms with Crippen molar-refractivity contribution in [2.75, 3.05) is 11.5 Å². The van der Waals surface area contributed by atoms with Crippen molar-refractivity contribution in [3.63, 3.8) is 0 Å². The summed E-state index contributed by atoms with van der Waals surface area (Å²) >= 11 is 0. The molecule has 4 aromatic rings. The third-order valence-corrected chi connectivity index (χ3v) is 16.6. The zero-order valence-electron chi connectivity index (χ0n) is 30.2. The Hall–Kier alpha value is -4.10. The number of phenols is 1. The highest BCUT2D eigenvalue weighted by atomic mass is 28.4. The molecule has 1 aliphatic carbocycles. The number of nitrogens with zero attached hydrogens (tertiary/aromatic N) is 1. The lowest BCUT2D eigenvalue weighted by molar-refractivity contribution is -0.273. The van der Waals surface area contributed by atoms with Crippen molar-refractivity contribution in [2.24, 2.45) is 23.7 Å². The van der Waals surface area contributed by atoms with Gasteiger partial charge in [0.25, 0.3) is 8.32 Å². The average molecular weight is 720 g/mol. The van der Waals surface area contributed by atoms with Crippen molar-refractivity contribution < 1.29 is 39.0 Å². The maximum atomic E-state index is 14.4. The Morgan fingerprint density at radius 2 is 1.46 bits per heavy atom. The van der Waals surface area contributed by atoms with Gasteiger partial charge in [-0.3, -0.25) is 14.5 Å². The highest BCUT2D eigenvalue weighted by molar-refractivity contribution is 6.99. The van der Waals surface area contributed by atoms with Crippen molar-refractivity contribution in [1.29, 1.82) is 0 Å². The maximum absolute atomic E-state index is 14.4. The molecule has 9 nitrogen and oxygen atoms in total. The standard InChI is InChI=1S/C41H46BNO8Si/c1-25-19-27(20-26(2)37(25)44)35-23-34-36-33(38(45)43(39(36)46)30-14-12-13-29(22-30)42(48)49)21-28(41(34,47)51-35)24-50-52(40(3,4)5,31-15-8-6-9-16-31)32-17-10-7-11-18-32/h6-20,22,28,33-36,44,47-49H,21,23-24H2,1-5H3/t28-,33+,34+,35+,36+,41-/m1/s1. The number of aliphatic hydroxyl groups is 1. The van der Waals surface area contributed by atoms with Crippen molar-refractivity contribution >= 4 is 48.8 Å². The number of hydrogen-bond donors (Lipinski definition) is 4. The second-order valence-corrected chi connectivity index (χ2v) is 20.0. The molecule has 0 unspecified atom stereocenters. The van der Waals surface area contributed by atoms with Crippen LogP contribution in [0.1, 0.15) is 56.4 Å². The summed E-state index contributed by atoms with van der Waals surface area (Å²) in [5, 5.41) is 44.9. The first-order chi connectivity index (χ1) is 24.7. The molecular weight excluding hydrogens is 673 g/mol. The van der Waals surface area contributed by atoms with Gasteiger partial charge < -0.3 is 29.4 Å². The summed E-state index contributed by atoms with van der Waals surface area (Å²) in [6.07, 6.45) is -0.175. The highest BCUT2D eigenvalue weighted by Gasteiger charge is 2.67. The van der Waals surface area contributed by atoms with Crippen LogP contribution in [0.15, 0.2) is 97.1 Å². The molecule has 2 amide bonds. The molecule has 4 N–H and O–H groups in total. The normalized spacial score (nSPS) is 26.0. The second-order valence-electron chi connectivity index (χ2n) is 15.7. The Morgan fingerprint density at radius 1 is 0.865 bits per heavy atom. The first kappa shape index (κ1) is 36.3. The summed E-state index contributed by atoms with van der Waals surface area (Å²) in [6, 6.07) is 30.2. The van der Waals surface area contributed by atoms with E-state index in [4.69, 9.17) is 9.16 Å². The van der Waals surface area contributed by atoms with Gasteiger partial charge in [0.05, 0.1) is 23.6 Å². The number of carbonyl (C=O) groups is 2. The Morgan fingerprint density at radius 3 is 2.02 bits per heavy atom. The zero-order chi connectivity index (χ0) is 37.2. The molecule has 3 aliphatic rings. The fourth-order valence-corrected chi connectivity index (χ4v) is 13.7. The van der Waals surface area contributed by atoms with Gasteiger partial charge in [0.1, 0.15) is 5.75 Å². The van der Waals surface area contributed by atoms with Crippen molar-refractivity contribution in [1.82, 2.24) is 0 Å². The largest absolute Gasteiger partial charge is 0.507 e. The number of ether oxygens (including phenoxy) is 1. The number of aryl methyl sites for hydroxylation is 2. The van der Waals surface area contributed by atoms with Crippen LogP contribution in [0.3, 0.4) is 0 Å². The van der Waals surface area contributed by atoms with E-state index < -0.39 is 62.8 Å². The van der Waals surface area contributed by atoms with Crippen LogP contribution in [0.2, 0.25) is 5.04 Å². The molecule has 3 fully saturated rings. The third kappa shape index (κ3) is 5.84. The van der Waals surface area contributed by atoms with Gasteiger partial charge >= 0.3 is 7.12 Å². The number of anilines is 1. The van der Waals surface area contributed by atoms with E-state index in [1.165, 1.54) is 12.1 Å². The van der Waals surface area contributed by atoms with Gasteiger partial charge in [0.15, 0.2) is 5.79 Å². The van der Waals surface area contributed by atoms with Gasteiger partial charge in [-0.25, -0.2) is 0 Å². The number of hydrogen-bond acceptors (Lipinski definition) is 8. The fraction of sp³-hybridized carbons (Fsp3) is 0.366. The first-order valence-electron chi connectivity index (χ1n) is 18.0. The van der Waals surface area contributed by atoms with Crippen LogP contribution in [0.25, 0.3) is 0 Å². The van der Waals surface area contributed by atoms with Crippen LogP contribution in [0.5, 0.6) is 5.75 Å². The molecule has 0 bridgehead atoms. The number of amides is 2. The molecule has 6 atom stereocenters. The summed E-state index contributed by atoms with van der Waals surface area (Å²) in [4.78, 5) is 29.9. The SMILES string of the molecule is Cc1cc([C@@H]2C[C@H]3[C@H]4C(=O)N(c5cccc(B(O)O)c5)C(=O)[C@H]4C[C@H](CO[Si](c4ccccc4)(c4ccccc4)C(C)(C)C)[C@@]3(O)O2)cc(C)c1O. The third-order valence-electron chi connectivity index (χ3n) is 11.6. The molecule has 2 aliphatic heterocycles. The van der Waals surface area contributed by atoms with E-state index in [-0.39, 0.29) is 41.4 Å². The second kappa shape index (κ2) is 13.4. The number of fused-ring (bicyclic) bond motifs is 3. The predicted molar refractivity (Wildman–Crippen MR) is 202 cm³/mol. The predicted octanol–water partition coefficient (Wildman–Crippen LogP) is 3.86. The van der Waals surface area contributed by atoms with E-state index in [1.807, 2.05) is 62.4 Å². The highest BCUT2D eigenvalue weighted by Crippen LogP contribution is 2.59. The molecule has 7 rings (SSSR count). The van der Waals surface area contributed by atoms with E-state index in [1.54, 1.807) is 12.1 Å². The number of rotatable bonds is 8. The molecule has 4 aromatic carbocycles. The Labute approximate surface area is 306 Å². The van der Waals surface area contributed by atoms with E-state index in [0.717, 1.165) is 20.8 Å². The Bertz CT molecular complexity index is 1920. The summed E-state index contributed by atoms with van der Waals surface area (Å²) in [5.41, 5.74) is 2.53.